The molecule has 0 aliphatic carbocycles. The summed E-state index contributed by atoms with van der Waals surface area (Å²) in [5.74, 6) is 0.876. The lowest BCUT2D eigenvalue weighted by Crippen LogP contribution is -1.98. The molecule has 1 rings (SSSR count). The third-order valence-corrected chi connectivity index (χ3v) is 2.16. The molecule has 0 aliphatic heterocycles. The van der Waals surface area contributed by atoms with Gasteiger partial charge in [-0.1, -0.05) is 15.9 Å². The molecular weight excluding hydrogens is 232 g/mol. The van der Waals surface area contributed by atoms with E-state index in [4.69, 9.17) is 9.84 Å². The van der Waals surface area contributed by atoms with E-state index >= 15 is 0 Å². The number of unbranched alkanes of at least 4 members (excludes halogenated alkanes) is 1. The molecule has 0 saturated heterocycles. The highest BCUT2D eigenvalue weighted by Gasteiger charge is 1.92. The van der Waals surface area contributed by atoms with Gasteiger partial charge in [0.15, 0.2) is 0 Å². The second-order valence-corrected chi connectivity index (χ2v) is 3.65. The Bertz CT molecular complexity index is 233. The van der Waals surface area contributed by atoms with E-state index in [0.717, 1.165) is 23.1 Å². The van der Waals surface area contributed by atoms with Crippen molar-refractivity contribution < 1.29 is 9.84 Å². The van der Waals surface area contributed by atoms with Crippen LogP contribution in [-0.2, 0) is 0 Å². The molecule has 2 nitrogen and oxygen atoms in total. The van der Waals surface area contributed by atoms with Crippen LogP contribution in [0.5, 0.6) is 5.75 Å². The Balaban J connectivity index is 2.25. The maximum atomic E-state index is 8.54. The van der Waals surface area contributed by atoms with Gasteiger partial charge in [-0.15, -0.1) is 0 Å². The Morgan fingerprint density at radius 1 is 1.15 bits per heavy atom. The van der Waals surface area contributed by atoms with Gasteiger partial charge in [0.25, 0.3) is 0 Å². The highest BCUT2D eigenvalue weighted by molar-refractivity contribution is 9.10. The van der Waals surface area contributed by atoms with E-state index in [1.54, 1.807) is 0 Å². The van der Waals surface area contributed by atoms with E-state index in [0.29, 0.717) is 6.61 Å². The minimum absolute atomic E-state index is 0.240. The maximum absolute atomic E-state index is 8.54. The molecule has 1 aromatic rings. The number of ether oxygens (including phenoxy) is 1. The standard InChI is InChI=1S/C10H13BrO2/c11-9-3-5-10(6-4-9)13-8-2-1-7-12/h3-6,12H,1-2,7-8H2. The van der Waals surface area contributed by atoms with Gasteiger partial charge >= 0.3 is 0 Å². The maximum Gasteiger partial charge on any atom is 0.119 e. The van der Waals surface area contributed by atoms with Crippen molar-refractivity contribution >= 4 is 15.9 Å². The van der Waals surface area contributed by atoms with E-state index in [9.17, 15) is 0 Å². The molecule has 0 unspecified atom stereocenters. The number of aliphatic hydroxyl groups is 1. The van der Waals surface area contributed by atoms with Gasteiger partial charge in [0.1, 0.15) is 5.75 Å². The van der Waals surface area contributed by atoms with E-state index < -0.39 is 0 Å². The Morgan fingerprint density at radius 2 is 1.85 bits per heavy atom. The number of rotatable bonds is 5. The van der Waals surface area contributed by atoms with Gasteiger partial charge in [0, 0.05) is 11.1 Å². The first-order valence-corrected chi connectivity index (χ1v) is 5.11. The quantitative estimate of drug-likeness (QED) is 0.808. The SMILES string of the molecule is OCCCCOc1ccc(Br)cc1. The molecule has 0 heterocycles. The average molecular weight is 245 g/mol. The largest absolute Gasteiger partial charge is 0.494 e. The van der Waals surface area contributed by atoms with E-state index in [1.807, 2.05) is 24.3 Å². The molecule has 72 valence electrons. The minimum atomic E-state index is 0.240. The van der Waals surface area contributed by atoms with Crippen LogP contribution in [0, 0.1) is 0 Å². The molecule has 0 amide bonds. The Morgan fingerprint density at radius 3 is 2.46 bits per heavy atom. The van der Waals surface area contributed by atoms with Crippen molar-refractivity contribution in [3.8, 4) is 5.75 Å². The third kappa shape index (κ3) is 4.29. The zero-order chi connectivity index (χ0) is 9.52. The van der Waals surface area contributed by atoms with Gasteiger partial charge in [0.2, 0.25) is 0 Å². The first-order chi connectivity index (χ1) is 6.33. The number of benzene rings is 1. The first kappa shape index (κ1) is 10.5. The lowest BCUT2D eigenvalue weighted by Gasteiger charge is -2.04. The van der Waals surface area contributed by atoms with Crippen LogP contribution in [0.3, 0.4) is 0 Å². The Kier molecular flexibility index (Phi) is 4.86. The molecule has 3 heteroatoms. The summed E-state index contributed by atoms with van der Waals surface area (Å²) in [6.07, 6.45) is 1.70. The summed E-state index contributed by atoms with van der Waals surface area (Å²) in [6.45, 7) is 0.909. The number of hydrogen-bond donors (Lipinski definition) is 1. The fourth-order valence-corrected chi connectivity index (χ4v) is 1.20. The van der Waals surface area contributed by atoms with Gasteiger partial charge in [-0.05, 0) is 37.1 Å². The predicted octanol–water partition coefficient (Wildman–Crippen LogP) is 2.60. The molecular formula is C10H13BrO2. The summed E-state index contributed by atoms with van der Waals surface area (Å²) < 4.78 is 6.48. The van der Waals surface area contributed by atoms with Crippen molar-refractivity contribution in [2.45, 2.75) is 12.8 Å². The Hall–Kier alpha value is -0.540. The monoisotopic (exact) mass is 244 g/mol. The molecule has 0 aromatic heterocycles. The zero-order valence-electron chi connectivity index (χ0n) is 7.37. The molecule has 0 aliphatic rings. The number of hydrogen-bond acceptors (Lipinski definition) is 2. The minimum Gasteiger partial charge on any atom is -0.494 e. The highest BCUT2D eigenvalue weighted by atomic mass is 79.9. The average Bonchev–Trinajstić information content (AvgIpc) is 2.15. The van der Waals surface area contributed by atoms with E-state index in [2.05, 4.69) is 15.9 Å². The van der Waals surface area contributed by atoms with Crippen LogP contribution in [-0.4, -0.2) is 18.3 Å². The number of aliphatic hydroxyl groups excluding tert-OH is 1. The molecule has 0 fully saturated rings. The summed E-state index contributed by atoms with van der Waals surface area (Å²) in [7, 11) is 0. The molecule has 1 N–H and O–H groups in total. The lowest BCUT2D eigenvalue weighted by molar-refractivity contribution is 0.253. The molecule has 0 spiro atoms. The smallest absolute Gasteiger partial charge is 0.119 e. The van der Waals surface area contributed by atoms with Crippen molar-refractivity contribution in [3.05, 3.63) is 28.7 Å². The van der Waals surface area contributed by atoms with Gasteiger partial charge < -0.3 is 9.84 Å². The van der Waals surface area contributed by atoms with Gasteiger partial charge in [0.05, 0.1) is 6.61 Å². The van der Waals surface area contributed by atoms with Crippen LogP contribution in [0.25, 0.3) is 0 Å². The molecule has 0 atom stereocenters. The lowest BCUT2D eigenvalue weighted by atomic mass is 10.3. The van der Waals surface area contributed by atoms with E-state index in [-0.39, 0.29) is 6.61 Å². The summed E-state index contributed by atoms with van der Waals surface area (Å²) in [5.41, 5.74) is 0. The van der Waals surface area contributed by atoms with Gasteiger partial charge in [-0.3, -0.25) is 0 Å². The molecule has 0 bridgehead atoms. The van der Waals surface area contributed by atoms with Crippen LogP contribution in [0.1, 0.15) is 12.8 Å². The second kappa shape index (κ2) is 6.00. The normalized spacial score (nSPS) is 10.0. The Labute approximate surface area is 86.7 Å². The van der Waals surface area contributed by atoms with Crippen LogP contribution >= 0.6 is 15.9 Å². The summed E-state index contributed by atoms with van der Waals surface area (Å²) >= 11 is 3.35. The molecule has 0 radical (unpaired) electrons. The summed E-state index contributed by atoms with van der Waals surface area (Å²) in [5, 5.41) is 8.54. The summed E-state index contributed by atoms with van der Waals surface area (Å²) in [6, 6.07) is 7.73. The molecule has 1 aromatic carbocycles. The molecule has 0 saturated carbocycles. The fourth-order valence-electron chi connectivity index (χ4n) is 0.935. The van der Waals surface area contributed by atoms with E-state index in [1.165, 1.54) is 0 Å². The van der Waals surface area contributed by atoms with Crippen LogP contribution in [0.2, 0.25) is 0 Å². The third-order valence-electron chi connectivity index (χ3n) is 1.63. The number of halogens is 1. The highest BCUT2D eigenvalue weighted by Crippen LogP contribution is 2.16. The summed E-state index contributed by atoms with van der Waals surface area (Å²) in [4.78, 5) is 0. The second-order valence-electron chi connectivity index (χ2n) is 2.73. The van der Waals surface area contributed by atoms with Gasteiger partial charge in [-0.25, -0.2) is 0 Å². The van der Waals surface area contributed by atoms with Crippen LogP contribution in [0.15, 0.2) is 28.7 Å². The zero-order valence-corrected chi connectivity index (χ0v) is 8.96. The first-order valence-electron chi connectivity index (χ1n) is 4.32. The predicted molar refractivity (Wildman–Crippen MR) is 56.0 cm³/mol. The van der Waals surface area contributed by atoms with Crippen molar-refractivity contribution in [1.82, 2.24) is 0 Å². The van der Waals surface area contributed by atoms with Crippen molar-refractivity contribution in [2.24, 2.45) is 0 Å². The van der Waals surface area contributed by atoms with Gasteiger partial charge in [-0.2, -0.15) is 0 Å². The topological polar surface area (TPSA) is 29.5 Å². The van der Waals surface area contributed by atoms with Crippen molar-refractivity contribution in [2.75, 3.05) is 13.2 Å². The van der Waals surface area contributed by atoms with Crippen LogP contribution < -0.4 is 4.74 Å². The fraction of sp³-hybridized carbons (Fsp3) is 0.400. The molecule has 13 heavy (non-hydrogen) atoms. The van der Waals surface area contributed by atoms with Crippen molar-refractivity contribution in [3.63, 3.8) is 0 Å². The van der Waals surface area contributed by atoms with Crippen molar-refractivity contribution in [1.29, 1.82) is 0 Å². The van der Waals surface area contributed by atoms with Crippen LogP contribution in [0.4, 0.5) is 0 Å².